The van der Waals surface area contributed by atoms with Gasteiger partial charge in [0.1, 0.15) is 5.82 Å². The summed E-state index contributed by atoms with van der Waals surface area (Å²) in [6.45, 7) is 0.634. The summed E-state index contributed by atoms with van der Waals surface area (Å²) >= 11 is 12.1. The molecule has 0 spiro atoms. The molecule has 3 rings (SSSR count). The average molecular weight is 384 g/mol. The van der Waals surface area contributed by atoms with E-state index in [0.29, 0.717) is 33.9 Å². The van der Waals surface area contributed by atoms with E-state index in [-0.39, 0.29) is 0 Å². The van der Waals surface area contributed by atoms with Crippen LogP contribution < -0.4 is 10.6 Å². The number of hydrogen-bond donors (Lipinski definition) is 2. The van der Waals surface area contributed by atoms with Crippen LogP contribution in [0.3, 0.4) is 0 Å². The lowest BCUT2D eigenvalue weighted by Crippen LogP contribution is -2.09. The summed E-state index contributed by atoms with van der Waals surface area (Å²) in [5.41, 5.74) is 2.38. The molecule has 0 radical (unpaired) electrons. The van der Waals surface area contributed by atoms with Crippen molar-refractivity contribution in [2.24, 2.45) is 0 Å². The molecule has 0 bridgehead atoms. The molecular formula is C19H15Cl2N5. The van der Waals surface area contributed by atoms with Gasteiger partial charge in [0.25, 0.3) is 0 Å². The van der Waals surface area contributed by atoms with Crippen LogP contribution >= 0.6 is 23.2 Å². The van der Waals surface area contributed by atoms with Crippen molar-refractivity contribution in [2.75, 3.05) is 17.2 Å². The zero-order valence-corrected chi connectivity index (χ0v) is 15.2. The van der Waals surface area contributed by atoms with Gasteiger partial charge in [-0.3, -0.25) is 0 Å². The molecule has 2 N–H and O–H groups in total. The van der Waals surface area contributed by atoms with Gasteiger partial charge >= 0.3 is 0 Å². The molecule has 0 saturated heterocycles. The van der Waals surface area contributed by atoms with Gasteiger partial charge in [0.2, 0.25) is 5.95 Å². The Morgan fingerprint density at radius 1 is 1.08 bits per heavy atom. The van der Waals surface area contributed by atoms with E-state index in [1.54, 1.807) is 30.5 Å². The van der Waals surface area contributed by atoms with Gasteiger partial charge < -0.3 is 10.6 Å². The quantitative estimate of drug-likeness (QED) is 0.622. The molecule has 1 aromatic heterocycles. The number of aromatic nitrogens is 2. The number of halogens is 2. The summed E-state index contributed by atoms with van der Waals surface area (Å²) in [5, 5.41) is 16.6. The number of nitrogens with zero attached hydrogens (tertiary/aromatic N) is 3. The molecule has 0 saturated carbocycles. The van der Waals surface area contributed by atoms with Gasteiger partial charge in [-0.25, -0.2) is 4.98 Å². The largest absolute Gasteiger partial charge is 0.354 e. The molecule has 0 aliphatic rings. The first-order valence-electron chi connectivity index (χ1n) is 7.92. The fourth-order valence-electron chi connectivity index (χ4n) is 2.36. The lowest BCUT2D eigenvalue weighted by Gasteiger charge is -2.09. The highest BCUT2D eigenvalue weighted by molar-refractivity contribution is 6.35. The van der Waals surface area contributed by atoms with Crippen molar-refractivity contribution in [1.82, 2.24) is 9.97 Å². The van der Waals surface area contributed by atoms with E-state index in [4.69, 9.17) is 28.5 Å². The van der Waals surface area contributed by atoms with Crippen molar-refractivity contribution >= 4 is 40.7 Å². The van der Waals surface area contributed by atoms with E-state index < -0.39 is 0 Å². The first-order chi connectivity index (χ1) is 12.6. The van der Waals surface area contributed by atoms with Crippen LogP contribution in [0.1, 0.15) is 11.1 Å². The molecular weight excluding hydrogens is 369 g/mol. The van der Waals surface area contributed by atoms with Crippen LogP contribution in [0.4, 0.5) is 17.5 Å². The zero-order valence-electron chi connectivity index (χ0n) is 13.7. The summed E-state index contributed by atoms with van der Waals surface area (Å²) in [6.07, 6.45) is 2.39. The van der Waals surface area contributed by atoms with Crippen LogP contribution in [0.15, 0.2) is 54.7 Å². The number of anilines is 3. The number of benzene rings is 2. The number of hydrogen-bond acceptors (Lipinski definition) is 5. The maximum atomic E-state index is 8.97. The van der Waals surface area contributed by atoms with E-state index in [1.807, 2.05) is 24.3 Å². The van der Waals surface area contributed by atoms with Crippen molar-refractivity contribution < 1.29 is 0 Å². The minimum Gasteiger partial charge on any atom is -0.354 e. The Morgan fingerprint density at radius 2 is 1.96 bits per heavy atom. The molecule has 5 nitrogen and oxygen atoms in total. The van der Waals surface area contributed by atoms with E-state index >= 15 is 0 Å². The Hall–Kier alpha value is -2.81. The second kappa shape index (κ2) is 8.52. The third-order valence-corrected chi connectivity index (χ3v) is 4.20. The second-order valence-electron chi connectivity index (χ2n) is 5.50. The zero-order chi connectivity index (χ0) is 18.4. The fourth-order valence-corrected chi connectivity index (χ4v) is 2.86. The summed E-state index contributed by atoms with van der Waals surface area (Å²) in [6, 6.07) is 16.5. The normalized spacial score (nSPS) is 10.2. The smallest absolute Gasteiger partial charge is 0.224 e. The van der Waals surface area contributed by atoms with Crippen LogP contribution in [0, 0.1) is 11.3 Å². The highest BCUT2D eigenvalue weighted by Gasteiger charge is 2.04. The third kappa shape index (κ3) is 4.85. The SMILES string of the molecule is N#Cc1cccc(Nc2ccnc(NCCc3ccc(Cl)cc3Cl)n2)c1. The molecule has 0 fully saturated rings. The molecule has 26 heavy (non-hydrogen) atoms. The predicted molar refractivity (Wildman–Crippen MR) is 105 cm³/mol. The first-order valence-corrected chi connectivity index (χ1v) is 8.68. The third-order valence-electron chi connectivity index (χ3n) is 3.61. The Kier molecular flexibility index (Phi) is 5.90. The van der Waals surface area contributed by atoms with Gasteiger partial charge in [-0.15, -0.1) is 0 Å². The Labute approximate surface area is 161 Å². The van der Waals surface area contributed by atoms with E-state index in [0.717, 1.165) is 17.7 Å². The van der Waals surface area contributed by atoms with Crippen LogP contribution in [-0.2, 0) is 6.42 Å². The van der Waals surface area contributed by atoms with Crippen molar-refractivity contribution in [3.63, 3.8) is 0 Å². The highest BCUT2D eigenvalue weighted by Crippen LogP contribution is 2.21. The maximum absolute atomic E-state index is 8.97. The monoisotopic (exact) mass is 383 g/mol. The Bertz CT molecular complexity index is 953. The molecule has 130 valence electrons. The molecule has 0 atom stereocenters. The topological polar surface area (TPSA) is 73.6 Å². The predicted octanol–water partition coefficient (Wildman–Crippen LogP) is 5.05. The summed E-state index contributed by atoms with van der Waals surface area (Å²) < 4.78 is 0. The number of nitrogens with one attached hydrogen (secondary N) is 2. The van der Waals surface area contributed by atoms with Crippen LogP contribution in [0.25, 0.3) is 0 Å². The summed E-state index contributed by atoms with van der Waals surface area (Å²) in [7, 11) is 0. The van der Waals surface area contributed by atoms with Crippen LogP contribution in [0.5, 0.6) is 0 Å². The minimum absolute atomic E-state index is 0.511. The molecule has 7 heteroatoms. The van der Waals surface area contributed by atoms with Gasteiger partial charge in [0, 0.05) is 28.5 Å². The van der Waals surface area contributed by atoms with Gasteiger partial charge in [-0.05, 0) is 48.4 Å². The second-order valence-corrected chi connectivity index (χ2v) is 6.34. The molecule has 2 aromatic carbocycles. The average Bonchev–Trinajstić information content (AvgIpc) is 2.64. The summed E-state index contributed by atoms with van der Waals surface area (Å²) in [5.74, 6) is 1.15. The highest BCUT2D eigenvalue weighted by atomic mass is 35.5. The molecule has 3 aromatic rings. The number of rotatable bonds is 6. The Morgan fingerprint density at radius 3 is 2.77 bits per heavy atom. The lowest BCUT2D eigenvalue weighted by molar-refractivity contribution is 0.985. The molecule has 0 unspecified atom stereocenters. The Balaban J connectivity index is 1.61. The fraction of sp³-hybridized carbons (Fsp3) is 0.105. The van der Waals surface area contributed by atoms with E-state index in [9.17, 15) is 0 Å². The van der Waals surface area contributed by atoms with E-state index in [1.165, 1.54) is 0 Å². The van der Waals surface area contributed by atoms with Crippen molar-refractivity contribution in [3.05, 3.63) is 75.9 Å². The van der Waals surface area contributed by atoms with E-state index in [2.05, 4.69) is 26.7 Å². The van der Waals surface area contributed by atoms with Crippen molar-refractivity contribution in [2.45, 2.75) is 6.42 Å². The number of nitriles is 1. The summed E-state index contributed by atoms with van der Waals surface area (Å²) in [4.78, 5) is 8.63. The van der Waals surface area contributed by atoms with Crippen LogP contribution in [0.2, 0.25) is 10.0 Å². The van der Waals surface area contributed by atoms with Crippen molar-refractivity contribution in [3.8, 4) is 6.07 Å². The molecule has 0 aliphatic carbocycles. The first kappa shape index (κ1) is 18.0. The van der Waals surface area contributed by atoms with Gasteiger partial charge in [-0.2, -0.15) is 10.2 Å². The maximum Gasteiger partial charge on any atom is 0.224 e. The van der Waals surface area contributed by atoms with Gasteiger partial charge in [-0.1, -0.05) is 35.3 Å². The van der Waals surface area contributed by atoms with Crippen molar-refractivity contribution in [1.29, 1.82) is 5.26 Å². The van der Waals surface area contributed by atoms with Gasteiger partial charge in [0.05, 0.1) is 11.6 Å². The standard InChI is InChI=1S/C19H15Cl2N5/c20-15-5-4-14(17(21)11-15)6-8-23-19-24-9-7-18(26-19)25-16-3-1-2-13(10-16)12-22/h1-5,7,9-11H,6,8H2,(H2,23,24,25,26). The lowest BCUT2D eigenvalue weighted by atomic mass is 10.1. The van der Waals surface area contributed by atoms with Gasteiger partial charge in [0.15, 0.2) is 0 Å². The minimum atomic E-state index is 0.511. The van der Waals surface area contributed by atoms with Crippen LogP contribution in [-0.4, -0.2) is 16.5 Å². The molecule has 1 heterocycles. The molecule has 0 amide bonds. The molecule has 0 aliphatic heterocycles.